The number of fused-ring (bicyclic) bond motifs is 3. The summed E-state index contributed by atoms with van der Waals surface area (Å²) in [5.41, 5.74) is 6.80. The van der Waals surface area contributed by atoms with Gasteiger partial charge in [0.15, 0.2) is 5.69 Å². The van der Waals surface area contributed by atoms with Gasteiger partial charge in [-0.25, -0.2) is 24.7 Å². The molecule has 154 valence electrons. The Morgan fingerprint density at radius 2 is 1.45 bits per heavy atom. The van der Waals surface area contributed by atoms with Gasteiger partial charge < -0.3 is 4.74 Å². The van der Waals surface area contributed by atoms with Gasteiger partial charge in [0, 0.05) is 28.9 Å². The number of esters is 1. The Morgan fingerprint density at radius 3 is 2.19 bits per heavy atom. The van der Waals surface area contributed by atoms with E-state index in [1.807, 2.05) is 36.5 Å². The lowest BCUT2D eigenvalue weighted by molar-refractivity contribution is 0.0595. The van der Waals surface area contributed by atoms with E-state index >= 15 is 0 Å². The molecule has 2 aromatic carbocycles. The van der Waals surface area contributed by atoms with E-state index in [-0.39, 0.29) is 11.1 Å². The quantitative estimate of drug-likeness (QED) is 0.445. The molecule has 0 saturated carbocycles. The SMILES string of the molecule is CC1(C)c2ccccc2-c2cncnc21.COC(=O)c1ncncc1-c1ccccc1. The summed E-state index contributed by atoms with van der Waals surface area (Å²) in [6.07, 6.45) is 6.48. The zero-order valence-electron chi connectivity index (χ0n) is 17.6. The number of hydrogen-bond donors (Lipinski definition) is 0. The Bertz CT molecular complexity index is 1180. The predicted octanol–water partition coefficient (Wildman–Crippen LogP) is 4.71. The van der Waals surface area contributed by atoms with Crippen LogP contribution >= 0.6 is 0 Å². The predicted molar refractivity (Wildman–Crippen MR) is 118 cm³/mol. The number of nitrogens with zero attached hydrogens (tertiary/aromatic N) is 4. The molecule has 0 spiro atoms. The van der Waals surface area contributed by atoms with Crippen LogP contribution in [0.2, 0.25) is 0 Å². The number of hydrogen-bond acceptors (Lipinski definition) is 6. The summed E-state index contributed by atoms with van der Waals surface area (Å²) in [5.74, 6) is -0.457. The highest BCUT2D eigenvalue weighted by Gasteiger charge is 2.36. The highest BCUT2D eigenvalue weighted by molar-refractivity contribution is 5.94. The molecule has 1 aliphatic rings. The fourth-order valence-electron chi connectivity index (χ4n) is 3.83. The molecule has 0 saturated heterocycles. The van der Waals surface area contributed by atoms with Gasteiger partial charge in [-0.15, -0.1) is 0 Å². The van der Waals surface area contributed by atoms with Gasteiger partial charge in [-0.05, 0) is 16.7 Å². The number of benzene rings is 2. The van der Waals surface area contributed by atoms with Crippen LogP contribution in [0.5, 0.6) is 0 Å². The minimum absolute atomic E-state index is 0.00880. The summed E-state index contributed by atoms with van der Waals surface area (Å²) in [5, 5.41) is 0. The van der Waals surface area contributed by atoms with Crippen LogP contribution in [0.25, 0.3) is 22.3 Å². The van der Waals surface area contributed by atoms with Crippen molar-refractivity contribution in [1.82, 2.24) is 19.9 Å². The van der Waals surface area contributed by atoms with Crippen LogP contribution in [0.15, 0.2) is 79.6 Å². The van der Waals surface area contributed by atoms with Crippen molar-refractivity contribution in [2.45, 2.75) is 19.3 Å². The molecule has 0 atom stereocenters. The minimum atomic E-state index is -0.457. The summed E-state index contributed by atoms with van der Waals surface area (Å²) in [6.45, 7) is 4.43. The third kappa shape index (κ3) is 3.80. The minimum Gasteiger partial charge on any atom is -0.464 e. The van der Waals surface area contributed by atoms with Gasteiger partial charge in [0.05, 0.1) is 12.8 Å². The molecule has 0 fully saturated rings. The van der Waals surface area contributed by atoms with E-state index < -0.39 is 5.97 Å². The average molecular weight is 410 g/mol. The largest absolute Gasteiger partial charge is 0.464 e. The number of methoxy groups -OCH3 is 1. The first kappa shape index (κ1) is 20.3. The molecule has 0 bridgehead atoms. The van der Waals surface area contributed by atoms with Crippen molar-refractivity contribution in [2.75, 3.05) is 7.11 Å². The second-order valence-electron chi connectivity index (χ2n) is 7.60. The van der Waals surface area contributed by atoms with Gasteiger partial charge in [-0.3, -0.25) is 0 Å². The van der Waals surface area contributed by atoms with Crippen LogP contribution in [0.1, 0.15) is 35.6 Å². The van der Waals surface area contributed by atoms with Crippen LogP contribution in [-0.2, 0) is 10.2 Å². The topological polar surface area (TPSA) is 77.9 Å². The van der Waals surface area contributed by atoms with Crippen molar-refractivity contribution < 1.29 is 9.53 Å². The van der Waals surface area contributed by atoms with Crippen LogP contribution in [0, 0.1) is 0 Å². The molecule has 6 heteroatoms. The number of ether oxygens (including phenoxy) is 1. The van der Waals surface area contributed by atoms with Gasteiger partial charge >= 0.3 is 5.97 Å². The smallest absolute Gasteiger partial charge is 0.357 e. The summed E-state index contributed by atoms with van der Waals surface area (Å²) in [6, 6.07) is 18.0. The lowest BCUT2D eigenvalue weighted by atomic mass is 9.85. The number of rotatable bonds is 2. The van der Waals surface area contributed by atoms with Crippen molar-refractivity contribution in [1.29, 1.82) is 0 Å². The van der Waals surface area contributed by atoms with Crippen molar-refractivity contribution in [3.8, 4) is 22.3 Å². The number of aromatic nitrogens is 4. The molecule has 4 aromatic rings. The maximum absolute atomic E-state index is 11.5. The molecule has 6 nitrogen and oxygen atoms in total. The standard InChI is InChI=1S/C13H12N2.C12H10N2O2/c1-13(2)11-6-4-3-5-9(11)10-7-14-8-15-12(10)13;1-16-12(15)11-10(7-13-8-14-11)9-5-3-2-4-6-9/h3-8H,1-2H3;2-8H,1H3. The van der Waals surface area contributed by atoms with Gasteiger partial charge in [0.25, 0.3) is 0 Å². The fraction of sp³-hybridized carbons (Fsp3) is 0.160. The maximum Gasteiger partial charge on any atom is 0.357 e. The van der Waals surface area contributed by atoms with Gasteiger partial charge in [0.1, 0.15) is 12.7 Å². The number of carbonyl (C=O) groups is 1. The first-order chi connectivity index (χ1) is 15.0. The molecular weight excluding hydrogens is 388 g/mol. The van der Waals surface area contributed by atoms with E-state index in [1.54, 1.807) is 12.5 Å². The van der Waals surface area contributed by atoms with Gasteiger partial charge in [0.2, 0.25) is 0 Å². The van der Waals surface area contributed by atoms with E-state index in [2.05, 4.69) is 62.8 Å². The molecular formula is C25H22N4O2. The highest BCUT2D eigenvalue weighted by Crippen LogP contribution is 2.46. The Balaban J connectivity index is 0.000000149. The second-order valence-corrected chi connectivity index (χ2v) is 7.60. The van der Waals surface area contributed by atoms with Crippen LogP contribution in [-0.4, -0.2) is 33.0 Å². The molecule has 1 aliphatic carbocycles. The van der Waals surface area contributed by atoms with Crippen LogP contribution < -0.4 is 0 Å². The maximum atomic E-state index is 11.5. The molecule has 0 N–H and O–H groups in total. The summed E-state index contributed by atoms with van der Waals surface area (Å²) in [4.78, 5) is 27.9. The Labute approximate surface area is 181 Å². The number of carbonyl (C=O) groups excluding carboxylic acids is 1. The van der Waals surface area contributed by atoms with Crippen LogP contribution in [0.3, 0.4) is 0 Å². The third-order valence-electron chi connectivity index (χ3n) is 5.37. The van der Waals surface area contributed by atoms with Crippen molar-refractivity contribution >= 4 is 5.97 Å². The third-order valence-corrected chi connectivity index (χ3v) is 5.37. The van der Waals surface area contributed by atoms with Gasteiger partial charge in [-0.2, -0.15) is 0 Å². The van der Waals surface area contributed by atoms with E-state index in [0.717, 1.165) is 11.3 Å². The zero-order valence-corrected chi connectivity index (χ0v) is 17.6. The summed E-state index contributed by atoms with van der Waals surface area (Å²) in [7, 11) is 1.33. The van der Waals surface area contributed by atoms with Crippen molar-refractivity contribution in [3.05, 3.63) is 96.6 Å². The van der Waals surface area contributed by atoms with E-state index in [0.29, 0.717) is 5.56 Å². The molecule has 31 heavy (non-hydrogen) atoms. The summed E-state index contributed by atoms with van der Waals surface area (Å²) < 4.78 is 4.67. The lowest BCUT2D eigenvalue weighted by Gasteiger charge is -2.19. The average Bonchev–Trinajstić information content (AvgIpc) is 3.07. The molecule has 0 amide bonds. The second kappa shape index (κ2) is 8.44. The first-order valence-electron chi connectivity index (χ1n) is 9.88. The zero-order chi connectivity index (χ0) is 21.8. The van der Waals surface area contributed by atoms with E-state index in [9.17, 15) is 4.79 Å². The van der Waals surface area contributed by atoms with E-state index in [4.69, 9.17) is 0 Å². The molecule has 5 rings (SSSR count). The highest BCUT2D eigenvalue weighted by atomic mass is 16.5. The Kier molecular flexibility index (Phi) is 5.54. The molecule has 2 aromatic heterocycles. The monoisotopic (exact) mass is 410 g/mol. The van der Waals surface area contributed by atoms with Crippen molar-refractivity contribution in [2.24, 2.45) is 0 Å². The molecule has 0 aliphatic heterocycles. The fourth-order valence-corrected chi connectivity index (χ4v) is 3.83. The molecule has 2 heterocycles. The first-order valence-corrected chi connectivity index (χ1v) is 9.88. The Hall–Kier alpha value is -3.93. The van der Waals surface area contributed by atoms with Crippen LogP contribution in [0.4, 0.5) is 0 Å². The lowest BCUT2D eigenvalue weighted by Crippen LogP contribution is -2.16. The van der Waals surface area contributed by atoms with Crippen molar-refractivity contribution in [3.63, 3.8) is 0 Å². The normalized spacial score (nSPS) is 12.7. The van der Waals surface area contributed by atoms with E-state index in [1.165, 1.54) is 30.1 Å². The molecule has 0 unspecified atom stereocenters. The molecule has 0 radical (unpaired) electrons. The summed E-state index contributed by atoms with van der Waals surface area (Å²) >= 11 is 0. The van der Waals surface area contributed by atoms with Gasteiger partial charge in [-0.1, -0.05) is 68.4 Å². The Morgan fingerprint density at radius 1 is 0.806 bits per heavy atom.